The SMILES string of the molecule is CC(C)(/C(=N\C#N)NC1C2CC3CC1CC(C(=O)O)(C3)C2)N1CCN(c2ccc([N+](=O)[O-])cc2)CC1. The zero-order chi connectivity index (χ0) is 25.7. The first kappa shape index (κ1) is 24.5. The minimum atomic E-state index is -0.641. The average Bonchev–Trinajstić information content (AvgIpc) is 2.85. The molecule has 1 aliphatic heterocycles. The van der Waals surface area contributed by atoms with Crippen molar-refractivity contribution in [2.75, 3.05) is 31.1 Å². The number of aliphatic imine (C=N–C) groups is 1. The van der Waals surface area contributed by atoms with Crippen molar-refractivity contribution in [1.29, 1.82) is 5.26 Å². The largest absolute Gasteiger partial charge is 0.481 e. The number of carboxylic acid groups (broad SMARTS) is 1. The Kier molecular flexibility index (Phi) is 6.15. The maximum Gasteiger partial charge on any atom is 0.309 e. The molecule has 0 amide bonds. The van der Waals surface area contributed by atoms with E-state index in [4.69, 9.17) is 0 Å². The highest BCUT2D eigenvalue weighted by Crippen LogP contribution is 2.60. The number of nitro benzene ring substituents is 1. The van der Waals surface area contributed by atoms with Crippen molar-refractivity contribution in [1.82, 2.24) is 10.2 Å². The molecule has 5 aliphatic rings. The normalized spacial score (nSPS) is 32.2. The van der Waals surface area contributed by atoms with Crippen LogP contribution in [0.1, 0.15) is 46.0 Å². The molecular weight excluding hydrogens is 460 g/mol. The summed E-state index contributed by atoms with van der Waals surface area (Å²) in [6.07, 6.45) is 6.34. The summed E-state index contributed by atoms with van der Waals surface area (Å²) < 4.78 is 0. The lowest BCUT2D eigenvalue weighted by Gasteiger charge is -2.59. The summed E-state index contributed by atoms with van der Waals surface area (Å²) in [6.45, 7) is 7.23. The van der Waals surface area contributed by atoms with E-state index in [0.29, 0.717) is 36.4 Å². The van der Waals surface area contributed by atoms with Crippen LogP contribution in [0.15, 0.2) is 29.3 Å². The van der Waals surface area contributed by atoms with Gasteiger partial charge in [0, 0.05) is 50.0 Å². The van der Waals surface area contributed by atoms with Crippen LogP contribution < -0.4 is 10.2 Å². The first-order valence-corrected chi connectivity index (χ1v) is 12.8. The number of hydrogen-bond donors (Lipinski definition) is 2. The summed E-state index contributed by atoms with van der Waals surface area (Å²) in [5, 5.41) is 34.1. The number of nitrogens with one attached hydrogen (secondary N) is 1. The molecule has 4 saturated carbocycles. The molecular formula is C26H34N6O4. The Morgan fingerprint density at radius 1 is 1.17 bits per heavy atom. The van der Waals surface area contributed by atoms with Gasteiger partial charge in [0.25, 0.3) is 5.69 Å². The lowest BCUT2D eigenvalue weighted by molar-refractivity contribution is -0.384. The number of aliphatic carboxylic acids is 1. The van der Waals surface area contributed by atoms with Gasteiger partial charge >= 0.3 is 5.97 Å². The van der Waals surface area contributed by atoms with Gasteiger partial charge in [-0.25, -0.2) is 0 Å². The third-order valence-corrected chi connectivity index (χ3v) is 9.27. The van der Waals surface area contributed by atoms with Gasteiger partial charge in [0.15, 0.2) is 0 Å². The highest BCUT2D eigenvalue weighted by atomic mass is 16.6. The van der Waals surface area contributed by atoms with Gasteiger partial charge in [0.05, 0.1) is 15.9 Å². The van der Waals surface area contributed by atoms with E-state index >= 15 is 0 Å². The summed E-state index contributed by atoms with van der Waals surface area (Å²) in [5.74, 6) is 1.11. The topological polar surface area (TPSA) is 135 Å². The van der Waals surface area contributed by atoms with E-state index < -0.39 is 21.8 Å². The predicted molar refractivity (Wildman–Crippen MR) is 135 cm³/mol. The van der Waals surface area contributed by atoms with Crippen LogP contribution in [0.5, 0.6) is 0 Å². The van der Waals surface area contributed by atoms with Crippen molar-refractivity contribution in [2.45, 2.75) is 57.5 Å². The number of piperazine rings is 1. The summed E-state index contributed by atoms with van der Waals surface area (Å²) in [7, 11) is 0. The molecule has 4 bridgehead atoms. The van der Waals surface area contributed by atoms with Gasteiger partial charge in [0.2, 0.25) is 6.19 Å². The van der Waals surface area contributed by atoms with Crippen molar-refractivity contribution in [3.63, 3.8) is 0 Å². The minimum Gasteiger partial charge on any atom is -0.481 e. The smallest absolute Gasteiger partial charge is 0.309 e. The lowest BCUT2D eigenvalue weighted by Crippen LogP contribution is -2.66. The second-order valence-corrected chi connectivity index (χ2v) is 11.6. The van der Waals surface area contributed by atoms with Crippen molar-refractivity contribution in [2.24, 2.45) is 28.2 Å². The molecule has 6 rings (SSSR count). The predicted octanol–water partition coefficient (Wildman–Crippen LogP) is 3.24. The first-order valence-electron chi connectivity index (χ1n) is 12.8. The van der Waals surface area contributed by atoms with Gasteiger partial charge in [0.1, 0.15) is 5.84 Å². The number of amidine groups is 1. The van der Waals surface area contributed by atoms with Crippen LogP contribution in [-0.2, 0) is 4.79 Å². The highest BCUT2D eigenvalue weighted by Gasteiger charge is 2.59. The number of rotatable bonds is 6. The number of hydrogen-bond acceptors (Lipinski definition) is 7. The summed E-state index contributed by atoms with van der Waals surface area (Å²) in [6, 6.07) is 6.81. The molecule has 5 fully saturated rings. The fourth-order valence-corrected chi connectivity index (χ4v) is 7.53. The summed E-state index contributed by atoms with van der Waals surface area (Å²) >= 11 is 0. The van der Waals surface area contributed by atoms with E-state index in [1.165, 1.54) is 12.1 Å². The van der Waals surface area contributed by atoms with Crippen LogP contribution in [0, 0.1) is 44.7 Å². The summed E-state index contributed by atoms with van der Waals surface area (Å²) in [4.78, 5) is 31.5. The average molecular weight is 495 g/mol. The Morgan fingerprint density at radius 3 is 2.31 bits per heavy atom. The lowest BCUT2D eigenvalue weighted by atomic mass is 9.48. The van der Waals surface area contributed by atoms with Crippen LogP contribution in [0.3, 0.4) is 0 Å². The highest BCUT2D eigenvalue weighted by molar-refractivity contribution is 5.92. The number of nitriles is 1. The Bertz CT molecular complexity index is 1090. The third kappa shape index (κ3) is 4.19. The molecule has 1 aromatic carbocycles. The maximum atomic E-state index is 12.1. The van der Waals surface area contributed by atoms with Gasteiger partial charge in [-0.05, 0) is 75.8 Å². The number of nitro groups is 1. The van der Waals surface area contributed by atoms with Gasteiger partial charge < -0.3 is 15.3 Å². The minimum absolute atomic E-state index is 0.0843. The Balaban J connectivity index is 1.26. The van der Waals surface area contributed by atoms with Crippen molar-refractivity contribution in [3.8, 4) is 6.19 Å². The molecule has 2 atom stereocenters. The molecule has 2 unspecified atom stereocenters. The molecule has 10 heteroatoms. The van der Waals surface area contributed by atoms with Crippen LogP contribution >= 0.6 is 0 Å². The number of carboxylic acids is 1. The first-order chi connectivity index (χ1) is 17.1. The molecule has 0 aromatic heterocycles. The van der Waals surface area contributed by atoms with E-state index in [9.17, 15) is 25.3 Å². The molecule has 4 aliphatic carbocycles. The standard InChI is InChI=1S/C26H34N6O4/c1-25(2,31-9-7-30(8-10-31)20-3-5-21(6-4-20)32(35)36)23(28-16-27)29-22-18-11-17-12-19(22)15-26(13-17,14-18)24(33)34/h3-6,17-19,22H,7-15H2,1-2H3,(H,28,29)(H,33,34). The van der Waals surface area contributed by atoms with E-state index in [2.05, 4.69) is 34.0 Å². The Morgan fingerprint density at radius 2 is 1.78 bits per heavy atom. The fraction of sp³-hybridized carbons (Fsp3) is 0.654. The van der Waals surface area contributed by atoms with Gasteiger partial charge in [-0.15, -0.1) is 0 Å². The van der Waals surface area contributed by atoms with Gasteiger partial charge in [-0.3, -0.25) is 19.8 Å². The molecule has 1 heterocycles. The molecule has 0 spiro atoms. The Hall–Kier alpha value is -3.19. The monoisotopic (exact) mass is 494 g/mol. The van der Waals surface area contributed by atoms with Gasteiger partial charge in [-0.2, -0.15) is 10.3 Å². The van der Waals surface area contributed by atoms with E-state index in [1.807, 2.05) is 6.19 Å². The van der Waals surface area contributed by atoms with E-state index in [1.54, 1.807) is 12.1 Å². The van der Waals surface area contributed by atoms with E-state index in [0.717, 1.165) is 51.1 Å². The zero-order valence-corrected chi connectivity index (χ0v) is 20.9. The molecule has 1 aromatic rings. The van der Waals surface area contributed by atoms with Gasteiger partial charge in [-0.1, -0.05) is 0 Å². The third-order valence-electron chi connectivity index (χ3n) is 9.27. The molecule has 0 radical (unpaired) electrons. The molecule has 2 N–H and O–H groups in total. The molecule has 36 heavy (non-hydrogen) atoms. The van der Waals surface area contributed by atoms with E-state index in [-0.39, 0.29) is 11.7 Å². The summed E-state index contributed by atoms with van der Waals surface area (Å²) in [5.41, 5.74) is -0.00877. The second kappa shape index (κ2) is 9.04. The fourth-order valence-electron chi connectivity index (χ4n) is 7.53. The number of nitrogens with zero attached hydrogens (tertiary/aromatic N) is 5. The van der Waals surface area contributed by atoms with Crippen LogP contribution in [-0.4, -0.2) is 64.5 Å². The number of carbonyl (C=O) groups is 1. The quantitative estimate of drug-likeness (QED) is 0.202. The maximum absolute atomic E-state index is 12.1. The van der Waals surface area contributed by atoms with Crippen LogP contribution in [0.25, 0.3) is 0 Å². The van der Waals surface area contributed by atoms with Crippen molar-refractivity contribution < 1.29 is 14.8 Å². The van der Waals surface area contributed by atoms with Crippen LogP contribution in [0.4, 0.5) is 11.4 Å². The molecule has 192 valence electrons. The Labute approximate surface area is 211 Å². The van der Waals surface area contributed by atoms with Crippen LogP contribution in [0.2, 0.25) is 0 Å². The number of benzene rings is 1. The van der Waals surface area contributed by atoms with Crippen molar-refractivity contribution in [3.05, 3.63) is 34.4 Å². The second-order valence-electron chi connectivity index (χ2n) is 11.6. The number of anilines is 1. The zero-order valence-electron chi connectivity index (χ0n) is 20.9. The number of non-ortho nitro benzene ring substituents is 1. The molecule has 1 saturated heterocycles. The van der Waals surface area contributed by atoms with Crippen molar-refractivity contribution >= 4 is 23.2 Å². The molecule has 10 nitrogen and oxygen atoms in total.